The molecule has 12 heavy (non-hydrogen) atoms. The van der Waals surface area contributed by atoms with E-state index in [0.29, 0.717) is 0 Å². The number of hydrogen-bond acceptors (Lipinski definition) is 1. The minimum atomic E-state index is 0. The van der Waals surface area contributed by atoms with Crippen molar-refractivity contribution in [1.29, 1.82) is 0 Å². The highest BCUT2D eigenvalue weighted by molar-refractivity contribution is 5.85. The van der Waals surface area contributed by atoms with Gasteiger partial charge in [-0.25, -0.2) is 0 Å². The number of rotatable bonds is 5. The van der Waals surface area contributed by atoms with Gasteiger partial charge in [0.2, 0.25) is 0 Å². The van der Waals surface area contributed by atoms with Crippen LogP contribution < -0.4 is 0 Å². The van der Waals surface area contributed by atoms with Gasteiger partial charge in [0.15, 0.2) is 0 Å². The molecular weight excluding hydrogens is 170 g/mol. The number of halogens is 1. The first-order chi connectivity index (χ1) is 5.43. The van der Waals surface area contributed by atoms with Crippen LogP contribution >= 0.6 is 12.4 Å². The van der Waals surface area contributed by atoms with Gasteiger partial charge >= 0.3 is 0 Å². The van der Waals surface area contributed by atoms with Gasteiger partial charge in [0, 0.05) is 0 Å². The molecule has 1 fully saturated rings. The van der Waals surface area contributed by atoms with E-state index in [9.17, 15) is 0 Å². The summed E-state index contributed by atoms with van der Waals surface area (Å²) in [6.45, 7) is 6.37. The van der Waals surface area contributed by atoms with Crippen molar-refractivity contribution in [2.45, 2.75) is 45.4 Å². The Kier molecular flexibility index (Phi) is 8.04. The van der Waals surface area contributed by atoms with Crippen LogP contribution in [0.5, 0.6) is 0 Å². The first-order valence-corrected chi connectivity index (χ1v) is 5.16. The van der Waals surface area contributed by atoms with E-state index < -0.39 is 0 Å². The Morgan fingerprint density at radius 2 is 1.67 bits per heavy atom. The maximum absolute atomic E-state index is 2.61. The highest BCUT2D eigenvalue weighted by atomic mass is 35.5. The van der Waals surface area contributed by atoms with Crippen LogP contribution in [0, 0.1) is 0 Å². The second-order valence-electron chi connectivity index (χ2n) is 3.61. The summed E-state index contributed by atoms with van der Waals surface area (Å²) in [5.41, 5.74) is 0. The van der Waals surface area contributed by atoms with Crippen LogP contribution in [0.2, 0.25) is 0 Å². The molecule has 0 radical (unpaired) electrons. The van der Waals surface area contributed by atoms with Gasteiger partial charge in [0.05, 0.1) is 0 Å². The Hall–Kier alpha value is 0.250. The van der Waals surface area contributed by atoms with E-state index in [4.69, 9.17) is 0 Å². The van der Waals surface area contributed by atoms with Crippen LogP contribution in [0.1, 0.15) is 45.4 Å². The summed E-state index contributed by atoms with van der Waals surface area (Å²) in [7, 11) is 0. The summed E-state index contributed by atoms with van der Waals surface area (Å²) < 4.78 is 0. The summed E-state index contributed by atoms with van der Waals surface area (Å²) >= 11 is 0. The molecule has 1 aliphatic heterocycles. The standard InChI is InChI=1S/C10H21N.ClH/c1-2-3-4-5-8-11-9-6-7-10-11;/h2-10H2,1H3;1H. The third-order valence-electron chi connectivity index (χ3n) is 2.53. The monoisotopic (exact) mass is 191 g/mol. The molecule has 0 spiro atoms. The van der Waals surface area contributed by atoms with Crippen molar-refractivity contribution >= 4 is 12.4 Å². The highest BCUT2D eigenvalue weighted by Crippen LogP contribution is 2.09. The lowest BCUT2D eigenvalue weighted by Crippen LogP contribution is -2.20. The fourth-order valence-corrected chi connectivity index (χ4v) is 1.77. The van der Waals surface area contributed by atoms with Crippen molar-refractivity contribution in [2.24, 2.45) is 0 Å². The van der Waals surface area contributed by atoms with Gasteiger partial charge < -0.3 is 4.90 Å². The van der Waals surface area contributed by atoms with Crippen molar-refractivity contribution in [3.8, 4) is 0 Å². The third kappa shape index (κ3) is 5.00. The molecule has 0 aromatic heterocycles. The molecule has 0 N–H and O–H groups in total. The van der Waals surface area contributed by atoms with Crippen LogP contribution in [-0.2, 0) is 0 Å². The highest BCUT2D eigenvalue weighted by Gasteiger charge is 2.09. The van der Waals surface area contributed by atoms with E-state index in [2.05, 4.69) is 11.8 Å². The molecule has 0 atom stereocenters. The Bertz CT molecular complexity index is 89.8. The van der Waals surface area contributed by atoms with Gasteiger partial charge in [-0.05, 0) is 38.9 Å². The molecule has 1 nitrogen and oxygen atoms in total. The summed E-state index contributed by atoms with van der Waals surface area (Å²) in [4.78, 5) is 2.61. The molecule has 74 valence electrons. The normalized spacial score (nSPS) is 17.8. The molecule has 1 rings (SSSR count). The van der Waals surface area contributed by atoms with E-state index in [-0.39, 0.29) is 12.4 Å². The molecule has 0 saturated carbocycles. The molecule has 1 aliphatic rings. The molecule has 0 aromatic carbocycles. The minimum Gasteiger partial charge on any atom is -0.303 e. The van der Waals surface area contributed by atoms with Crippen LogP contribution in [0.4, 0.5) is 0 Å². The van der Waals surface area contributed by atoms with Gasteiger partial charge in [0.1, 0.15) is 0 Å². The zero-order chi connectivity index (χ0) is 7.94. The van der Waals surface area contributed by atoms with Gasteiger partial charge in [0.25, 0.3) is 0 Å². The van der Waals surface area contributed by atoms with Gasteiger partial charge in [-0.1, -0.05) is 26.2 Å². The van der Waals surface area contributed by atoms with Crippen molar-refractivity contribution in [2.75, 3.05) is 19.6 Å². The lowest BCUT2D eigenvalue weighted by molar-refractivity contribution is 0.328. The zero-order valence-electron chi connectivity index (χ0n) is 8.22. The van der Waals surface area contributed by atoms with Crippen LogP contribution in [0.15, 0.2) is 0 Å². The Labute approximate surface area is 82.9 Å². The first-order valence-electron chi connectivity index (χ1n) is 5.16. The van der Waals surface area contributed by atoms with Crippen LogP contribution in [0.3, 0.4) is 0 Å². The van der Waals surface area contributed by atoms with E-state index in [1.165, 1.54) is 58.2 Å². The largest absolute Gasteiger partial charge is 0.303 e. The maximum Gasteiger partial charge on any atom is -0.00183 e. The van der Waals surface area contributed by atoms with E-state index in [1.54, 1.807) is 0 Å². The molecule has 2 heteroatoms. The van der Waals surface area contributed by atoms with Gasteiger partial charge in [-0.3, -0.25) is 0 Å². The van der Waals surface area contributed by atoms with E-state index in [0.717, 1.165) is 0 Å². The molecule has 1 saturated heterocycles. The van der Waals surface area contributed by atoms with E-state index >= 15 is 0 Å². The maximum atomic E-state index is 2.61. The number of likely N-dealkylation sites (tertiary alicyclic amines) is 1. The Morgan fingerprint density at radius 1 is 1.00 bits per heavy atom. The predicted octanol–water partition coefficient (Wildman–Crippen LogP) is 3.08. The van der Waals surface area contributed by atoms with Crippen molar-refractivity contribution < 1.29 is 0 Å². The average Bonchev–Trinajstić information content (AvgIpc) is 2.50. The van der Waals surface area contributed by atoms with Gasteiger partial charge in [-0.2, -0.15) is 0 Å². The third-order valence-corrected chi connectivity index (χ3v) is 2.53. The van der Waals surface area contributed by atoms with Gasteiger partial charge in [-0.15, -0.1) is 12.4 Å². The van der Waals surface area contributed by atoms with E-state index in [1.807, 2.05) is 0 Å². The fourth-order valence-electron chi connectivity index (χ4n) is 1.77. The molecule has 0 unspecified atom stereocenters. The Balaban J connectivity index is 0.00000121. The predicted molar refractivity (Wildman–Crippen MR) is 57.1 cm³/mol. The summed E-state index contributed by atoms with van der Waals surface area (Å²) in [6.07, 6.45) is 8.52. The van der Waals surface area contributed by atoms with Crippen LogP contribution in [-0.4, -0.2) is 24.5 Å². The number of hydrogen-bond donors (Lipinski definition) is 0. The number of nitrogens with zero attached hydrogens (tertiary/aromatic N) is 1. The zero-order valence-corrected chi connectivity index (χ0v) is 9.04. The molecular formula is C10H22ClN. The number of unbranched alkanes of at least 4 members (excludes halogenated alkanes) is 3. The van der Waals surface area contributed by atoms with Crippen molar-refractivity contribution in [1.82, 2.24) is 4.90 Å². The molecule has 1 heterocycles. The first kappa shape index (κ1) is 12.2. The SMILES string of the molecule is CCCCCCN1CCCC1.Cl. The van der Waals surface area contributed by atoms with Crippen molar-refractivity contribution in [3.05, 3.63) is 0 Å². The smallest absolute Gasteiger partial charge is 0.00183 e. The summed E-state index contributed by atoms with van der Waals surface area (Å²) in [5.74, 6) is 0. The minimum absolute atomic E-state index is 0. The Morgan fingerprint density at radius 3 is 2.25 bits per heavy atom. The fraction of sp³-hybridized carbons (Fsp3) is 1.00. The lowest BCUT2D eigenvalue weighted by Gasteiger charge is -2.13. The quantitative estimate of drug-likeness (QED) is 0.604. The topological polar surface area (TPSA) is 3.24 Å². The average molecular weight is 192 g/mol. The van der Waals surface area contributed by atoms with Crippen LogP contribution in [0.25, 0.3) is 0 Å². The summed E-state index contributed by atoms with van der Waals surface area (Å²) in [5, 5.41) is 0. The molecule has 0 amide bonds. The van der Waals surface area contributed by atoms with Crippen molar-refractivity contribution in [3.63, 3.8) is 0 Å². The molecule has 0 aliphatic carbocycles. The molecule has 0 bridgehead atoms. The lowest BCUT2D eigenvalue weighted by atomic mass is 10.2. The second-order valence-corrected chi connectivity index (χ2v) is 3.61. The molecule has 0 aromatic rings. The summed E-state index contributed by atoms with van der Waals surface area (Å²) in [6, 6.07) is 0. The second kappa shape index (κ2) is 7.88.